The number of anilines is 4. The van der Waals surface area contributed by atoms with Crippen LogP contribution in [0, 0.1) is 0 Å². The average molecular weight is 594 g/mol. The van der Waals surface area contributed by atoms with Crippen LogP contribution in [0.5, 0.6) is 0 Å². The zero-order valence-corrected chi connectivity index (χ0v) is 25.9. The number of amides is 2. The Labute approximate surface area is 253 Å². The van der Waals surface area contributed by atoms with Gasteiger partial charge in [-0.25, -0.2) is 15.0 Å². The Kier molecular flexibility index (Phi) is 10.0. The van der Waals surface area contributed by atoms with Gasteiger partial charge in [-0.3, -0.25) is 5.43 Å². The van der Waals surface area contributed by atoms with Gasteiger partial charge in [-0.05, 0) is 53.7 Å². The van der Waals surface area contributed by atoms with E-state index in [2.05, 4.69) is 36.3 Å². The Balaban J connectivity index is 1.40. The van der Waals surface area contributed by atoms with Gasteiger partial charge < -0.3 is 24.6 Å². The maximum absolute atomic E-state index is 12.4. The van der Waals surface area contributed by atoms with Crippen molar-refractivity contribution in [1.29, 1.82) is 0 Å². The molecule has 0 unspecified atom stereocenters. The van der Waals surface area contributed by atoms with Gasteiger partial charge in [0.15, 0.2) is 5.82 Å². The summed E-state index contributed by atoms with van der Waals surface area (Å²) in [5.41, 5.74) is 7.70. The van der Waals surface area contributed by atoms with Crippen molar-refractivity contribution in [2.45, 2.75) is 78.4 Å². The number of likely N-dealkylation sites (tertiary alicyclic amines) is 2. The highest BCUT2D eigenvalue weighted by atomic mass is 16.6. The Morgan fingerprint density at radius 2 is 1.19 bits per heavy atom. The number of hydrogen-bond acceptors (Lipinski definition) is 11. The summed E-state index contributed by atoms with van der Waals surface area (Å²) in [6.07, 6.45) is 1.88. The molecule has 3 N–H and O–H groups in total. The van der Waals surface area contributed by atoms with Crippen molar-refractivity contribution in [2.24, 2.45) is 10.2 Å². The largest absolute Gasteiger partial charge is 0.444 e. The zero-order chi connectivity index (χ0) is 31.0. The van der Waals surface area contributed by atoms with E-state index < -0.39 is 11.2 Å². The molecule has 0 bridgehead atoms. The van der Waals surface area contributed by atoms with E-state index in [0.717, 1.165) is 17.1 Å². The third kappa shape index (κ3) is 10.4. The van der Waals surface area contributed by atoms with Crippen LogP contribution in [0.25, 0.3) is 0 Å². The van der Waals surface area contributed by atoms with Gasteiger partial charge in [-0.15, -0.1) is 0 Å². The summed E-state index contributed by atoms with van der Waals surface area (Å²) >= 11 is 0. The molecule has 2 saturated heterocycles. The molecular formula is C30H43N9O4. The normalized spacial score (nSPS) is 15.9. The fourth-order valence-electron chi connectivity index (χ4n) is 4.32. The van der Waals surface area contributed by atoms with Crippen LogP contribution in [0.4, 0.5) is 32.9 Å². The molecule has 1 aromatic heterocycles. The summed E-state index contributed by atoms with van der Waals surface area (Å²) in [7, 11) is 0. The smallest absolute Gasteiger partial charge is 0.410 e. The first-order chi connectivity index (χ1) is 20.3. The van der Waals surface area contributed by atoms with Crippen LogP contribution in [0.1, 0.15) is 67.2 Å². The van der Waals surface area contributed by atoms with Gasteiger partial charge in [0.2, 0.25) is 5.95 Å². The predicted octanol–water partition coefficient (Wildman–Crippen LogP) is 5.82. The van der Waals surface area contributed by atoms with Crippen LogP contribution in [-0.4, -0.2) is 80.8 Å². The lowest BCUT2D eigenvalue weighted by molar-refractivity contribution is 0.0238. The summed E-state index contributed by atoms with van der Waals surface area (Å²) in [6.45, 7) is 13.3. The number of nitrogens with zero attached hydrogens (tertiary/aromatic N) is 6. The maximum atomic E-state index is 12.4. The Morgan fingerprint density at radius 3 is 1.67 bits per heavy atom. The van der Waals surface area contributed by atoms with Crippen molar-refractivity contribution in [3.63, 3.8) is 0 Å². The number of carbonyl (C=O) groups is 2. The number of aromatic nitrogens is 2. The third-order valence-corrected chi connectivity index (χ3v) is 6.40. The molecule has 2 aliphatic rings. The number of hydrazone groups is 2. The number of para-hydroxylation sites is 1. The molecule has 3 heterocycles. The topological polar surface area (TPSA) is 146 Å². The molecule has 2 fully saturated rings. The summed E-state index contributed by atoms with van der Waals surface area (Å²) in [6, 6.07) is 11.5. The standard InChI is InChI=1S/C30H43N9O4/c1-29(2,3)42-27(40)38-16-12-22(13-17-38)34-36-25-20-24(31-21-10-8-7-9-11-21)32-26(33-25)37-35-23-14-18-39(19-15-23)28(41)43-30(4,5)6/h7-11,20H,12-19H2,1-6H3,(H3,31,32,33,36,37). The highest BCUT2D eigenvalue weighted by molar-refractivity contribution is 5.88. The van der Waals surface area contributed by atoms with Gasteiger partial charge in [-0.2, -0.15) is 20.2 Å². The second-order valence-corrected chi connectivity index (χ2v) is 12.5. The van der Waals surface area contributed by atoms with Gasteiger partial charge >= 0.3 is 12.2 Å². The highest BCUT2D eigenvalue weighted by Crippen LogP contribution is 2.21. The van der Waals surface area contributed by atoms with Gasteiger partial charge in [0.1, 0.15) is 17.0 Å². The number of rotatable bonds is 6. The van der Waals surface area contributed by atoms with E-state index in [1.807, 2.05) is 71.9 Å². The molecular weight excluding hydrogens is 550 g/mol. The minimum Gasteiger partial charge on any atom is -0.444 e. The summed E-state index contributed by atoms with van der Waals surface area (Å²) in [5, 5.41) is 12.4. The minimum atomic E-state index is -0.531. The van der Waals surface area contributed by atoms with Gasteiger partial charge in [0.05, 0.1) is 0 Å². The summed E-state index contributed by atoms with van der Waals surface area (Å²) in [5.74, 6) is 1.34. The molecule has 2 amide bonds. The van der Waals surface area contributed by atoms with E-state index in [0.29, 0.717) is 69.4 Å². The Bertz CT molecular complexity index is 1240. The Morgan fingerprint density at radius 1 is 0.721 bits per heavy atom. The fourth-order valence-corrected chi connectivity index (χ4v) is 4.32. The van der Waals surface area contributed by atoms with E-state index >= 15 is 0 Å². The van der Waals surface area contributed by atoms with E-state index in [1.54, 1.807) is 15.9 Å². The molecule has 13 heteroatoms. The fraction of sp³-hybridized carbons (Fsp3) is 0.533. The number of ether oxygens (including phenoxy) is 2. The lowest BCUT2D eigenvalue weighted by Gasteiger charge is -2.30. The molecule has 0 spiro atoms. The summed E-state index contributed by atoms with van der Waals surface area (Å²) < 4.78 is 11.0. The van der Waals surface area contributed by atoms with Crippen molar-refractivity contribution in [1.82, 2.24) is 19.8 Å². The molecule has 1 aromatic carbocycles. The molecule has 4 rings (SSSR count). The lowest BCUT2D eigenvalue weighted by Crippen LogP contribution is -2.42. The first-order valence-electron chi connectivity index (χ1n) is 14.6. The number of nitrogens with one attached hydrogen (secondary N) is 3. The lowest BCUT2D eigenvalue weighted by atomic mass is 10.1. The molecule has 2 aromatic rings. The Hall–Kier alpha value is -4.42. The summed E-state index contributed by atoms with van der Waals surface area (Å²) in [4.78, 5) is 37.3. The number of carbonyl (C=O) groups excluding carboxylic acids is 2. The third-order valence-electron chi connectivity index (χ3n) is 6.40. The molecule has 0 atom stereocenters. The van der Waals surface area contributed by atoms with Gasteiger partial charge in [-0.1, -0.05) is 18.2 Å². The van der Waals surface area contributed by atoms with Crippen molar-refractivity contribution >= 4 is 46.9 Å². The van der Waals surface area contributed by atoms with Crippen LogP contribution in [-0.2, 0) is 9.47 Å². The maximum Gasteiger partial charge on any atom is 0.410 e. The molecule has 232 valence electrons. The van der Waals surface area contributed by atoms with Crippen molar-refractivity contribution < 1.29 is 19.1 Å². The number of benzene rings is 1. The first-order valence-corrected chi connectivity index (χ1v) is 14.6. The van der Waals surface area contributed by atoms with Crippen molar-refractivity contribution in [2.75, 3.05) is 42.3 Å². The molecule has 43 heavy (non-hydrogen) atoms. The predicted molar refractivity (Wildman–Crippen MR) is 168 cm³/mol. The molecule has 13 nitrogen and oxygen atoms in total. The van der Waals surface area contributed by atoms with E-state index in [4.69, 9.17) is 9.47 Å². The second-order valence-electron chi connectivity index (χ2n) is 12.5. The molecule has 0 saturated carbocycles. The van der Waals surface area contributed by atoms with E-state index in [9.17, 15) is 9.59 Å². The van der Waals surface area contributed by atoms with Crippen LogP contribution >= 0.6 is 0 Å². The zero-order valence-electron chi connectivity index (χ0n) is 25.9. The van der Waals surface area contributed by atoms with E-state index in [1.165, 1.54) is 0 Å². The second kappa shape index (κ2) is 13.7. The van der Waals surface area contributed by atoms with Crippen LogP contribution < -0.4 is 16.2 Å². The van der Waals surface area contributed by atoms with Crippen LogP contribution in [0.2, 0.25) is 0 Å². The monoisotopic (exact) mass is 593 g/mol. The van der Waals surface area contributed by atoms with Crippen LogP contribution in [0.3, 0.4) is 0 Å². The van der Waals surface area contributed by atoms with Crippen molar-refractivity contribution in [3.05, 3.63) is 36.4 Å². The quantitative estimate of drug-likeness (QED) is 0.353. The number of piperidine rings is 2. The first kappa shape index (κ1) is 31.5. The average Bonchev–Trinajstić information content (AvgIpc) is 2.94. The van der Waals surface area contributed by atoms with Crippen LogP contribution in [0.15, 0.2) is 46.6 Å². The molecule has 2 aliphatic heterocycles. The van der Waals surface area contributed by atoms with Gasteiger partial charge in [0, 0.05) is 75.0 Å². The minimum absolute atomic E-state index is 0.297. The highest BCUT2D eigenvalue weighted by Gasteiger charge is 2.26. The van der Waals surface area contributed by atoms with Crippen molar-refractivity contribution in [3.8, 4) is 0 Å². The van der Waals surface area contributed by atoms with E-state index in [-0.39, 0.29) is 12.2 Å². The van der Waals surface area contributed by atoms with Gasteiger partial charge in [0.25, 0.3) is 0 Å². The SMILES string of the molecule is CC(C)(C)OC(=O)N1CCC(=NNc2cc(Nc3ccccc3)nc(NN=C3CCN(C(=O)OC(C)(C)C)CC3)n2)CC1. The molecule has 0 radical (unpaired) electrons. The molecule has 0 aliphatic carbocycles. The number of hydrogen-bond donors (Lipinski definition) is 3.